The number of thioether (sulfide) groups is 1. The lowest BCUT2D eigenvalue weighted by Crippen LogP contribution is -2.26. The molecule has 1 nitrogen and oxygen atoms in total. The molecule has 0 aliphatic rings. The SMILES string of the molecule is C=CC(=C)[C@H](CCSC)NC. The Morgan fingerprint density at radius 3 is 2.73 bits per heavy atom. The summed E-state index contributed by atoms with van der Waals surface area (Å²) in [7, 11) is 1.96. The van der Waals surface area contributed by atoms with Crippen LogP contribution in [0.25, 0.3) is 0 Å². The summed E-state index contributed by atoms with van der Waals surface area (Å²) in [5.74, 6) is 1.17. The van der Waals surface area contributed by atoms with Gasteiger partial charge in [0.05, 0.1) is 0 Å². The molecule has 0 saturated carbocycles. The second kappa shape index (κ2) is 6.50. The van der Waals surface area contributed by atoms with E-state index in [2.05, 4.69) is 24.7 Å². The van der Waals surface area contributed by atoms with Crippen molar-refractivity contribution in [3.05, 3.63) is 24.8 Å². The summed E-state index contributed by atoms with van der Waals surface area (Å²) in [6.07, 6.45) is 5.06. The van der Waals surface area contributed by atoms with Crippen molar-refractivity contribution >= 4 is 11.8 Å². The first-order valence-electron chi connectivity index (χ1n) is 3.73. The van der Waals surface area contributed by atoms with Crippen molar-refractivity contribution in [3.8, 4) is 0 Å². The Labute approximate surface area is 74.0 Å². The molecule has 0 aliphatic heterocycles. The smallest absolute Gasteiger partial charge is 0.0319 e. The summed E-state index contributed by atoms with van der Waals surface area (Å²) in [4.78, 5) is 0. The van der Waals surface area contributed by atoms with Crippen molar-refractivity contribution in [1.29, 1.82) is 0 Å². The van der Waals surface area contributed by atoms with Gasteiger partial charge in [-0.2, -0.15) is 11.8 Å². The quantitative estimate of drug-likeness (QED) is 0.614. The van der Waals surface area contributed by atoms with Crippen molar-refractivity contribution in [1.82, 2.24) is 5.32 Å². The molecule has 0 saturated heterocycles. The fraction of sp³-hybridized carbons (Fsp3) is 0.556. The van der Waals surface area contributed by atoms with Crippen LogP contribution < -0.4 is 5.32 Å². The molecule has 0 radical (unpaired) electrons. The van der Waals surface area contributed by atoms with Crippen LogP contribution in [0.2, 0.25) is 0 Å². The lowest BCUT2D eigenvalue weighted by molar-refractivity contribution is 0.634. The van der Waals surface area contributed by atoms with Crippen molar-refractivity contribution in [2.45, 2.75) is 12.5 Å². The van der Waals surface area contributed by atoms with Crippen LogP contribution in [0.15, 0.2) is 24.8 Å². The minimum absolute atomic E-state index is 0.403. The van der Waals surface area contributed by atoms with E-state index in [1.807, 2.05) is 24.9 Å². The highest BCUT2D eigenvalue weighted by Gasteiger charge is 2.05. The zero-order valence-electron chi connectivity index (χ0n) is 7.39. The van der Waals surface area contributed by atoms with Gasteiger partial charge >= 0.3 is 0 Å². The van der Waals surface area contributed by atoms with Gasteiger partial charge in [0.25, 0.3) is 0 Å². The Morgan fingerprint density at radius 2 is 2.36 bits per heavy atom. The summed E-state index contributed by atoms with van der Waals surface area (Å²) in [5, 5.41) is 3.20. The Morgan fingerprint density at radius 1 is 1.73 bits per heavy atom. The molecule has 0 rings (SSSR count). The molecule has 0 aromatic heterocycles. The second-order valence-corrected chi connectivity index (χ2v) is 3.39. The second-order valence-electron chi connectivity index (χ2n) is 2.40. The molecule has 0 fully saturated rings. The maximum Gasteiger partial charge on any atom is 0.0319 e. The van der Waals surface area contributed by atoms with E-state index >= 15 is 0 Å². The lowest BCUT2D eigenvalue weighted by Gasteiger charge is -2.15. The van der Waals surface area contributed by atoms with Crippen LogP contribution in [0, 0.1) is 0 Å². The van der Waals surface area contributed by atoms with Gasteiger partial charge in [0.15, 0.2) is 0 Å². The number of nitrogens with one attached hydrogen (secondary N) is 1. The molecule has 11 heavy (non-hydrogen) atoms. The Bertz CT molecular complexity index is 132. The standard InChI is InChI=1S/C9H17NS/c1-5-8(2)9(10-3)6-7-11-4/h5,9-10H,1-2,6-7H2,3-4H3/t9-/m0/s1. The van der Waals surface area contributed by atoms with Crippen LogP contribution in [0.3, 0.4) is 0 Å². The van der Waals surface area contributed by atoms with Crippen LogP contribution in [0.5, 0.6) is 0 Å². The Hall–Kier alpha value is -0.210. The lowest BCUT2D eigenvalue weighted by atomic mass is 10.1. The van der Waals surface area contributed by atoms with Crippen LogP contribution in [-0.2, 0) is 0 Å². The van der Waals surface area contributed by atoms with Gasteiger partial charge in [-0.1, -0.05) is 19.2 Å². The third kappa shape index (κ3) is 4.27. The molecule has 0 aliphatic carbocycles. The average Bonchev–Trinajstić information content (AvgIpc) is 2.05. The first-order valence-corrected chi connectivity index (χ1v) is 5.13. The van der Waals surface area contributed by atoms with Gasteiger partial charge in [-0.3, -0.25) is 0 Å². The van der Waals surface area contributed by atoms with Crippen molar-refractivity contribution in [2.75, 3.05) is 19.1 Å². The molecule has 0 unspecified atom stereocenters. The van der Waals surface area contributed by atoms with E-state index in [1.54, 1.807) is 0 Å². The zero-order chi connectivity index (χ0) is 8.69. The largest absolute Gasteiger partial charge is 0.313 e. The van der Waals surface area contributed by atoms with E-state index in [0.29, 0.717) is 6.04 Å². The number of hydrogen-bond acceptors (Lipinski definition) is 2. The molecular weight excluding hydrogens is 154 g/mol. The third-order valence-electron chi connectivity index (χ3n) is 1.67. The number of rotatable bonds is 6. The molecule has 1 atom stereocenters. The highest BCUT2D eigenvalue weighted by atomic mass is 32.2. The Balaban J connectivity index is 3.74. The van der Waals surface area contributed by atoms with E-state index < -0.39 is 0 Å². The van der Waals surface area contributed by atoms with Crippen LogP contribution in [0.1, 0.15) is 6.42 Å². The van der Waals surface area contributed by atoms with Crippen LogP contribution in [0.4, 0.5) is 0 Å². The van der Waals surface area contributed by atoms with Gasteiger partial charge in [-0.15, -0.1) is 0 Å². The summed E-state index contributed by atoms with van der Waals surface area (Å²) >= 11 is 1.86. The molecule has 0 heterocycles. The molecule has 0 aromatic carbocycles. The average molecular weight is 171 g/mol. The zero-order valence-corrected chi connectivity index (χ0v) is 8.21. The summed E-state index contributed by atoms with van der Waals surface area (Å²) in [5.41, 5.74) is 1.08. The molecule has 64 valence electrons. The fourth-order valence-corrected chi connectivity index (χ4v) is 1.36. The Kier molecular flexibility index (Phi) is 6.37. The predicted octanol–water partition coefficient (Wildman–Crippen LogP) is 2.07. The first-order chi connectivity index (χ1) is 5.26. The van der Waals surface area contributed by atoms with Gasteiger partial charge < -0.3 is 5.32 Å². The van der Waals surface area contributed by atoms with Crippen molar-refractivity contribution in [2.24, 2.45) is 0 Å². The molecule has 2 heteroatoms. The van der Waals surface area contributed by atoms with E-state index in [-0.39, 0.29) is 0 Å². The number of hydrogen-bond donors (Lipinski definition) is 1. The summed E-state index contributed by atoms with van der Waals surface area (Å²) < 4.78 is 0. The maximum absolute atomic E-state index is 3.91. The summed E-state index contributed by atoms with van der Waals surface area (Å²) in [6, 6.07) is 0.403. The predicted molar refractivity (Wildman–Crippen MR) is 55.2 cm³/mol. The topological polar surface area (TPSA) is 12.0 Å². The molecule has 0 aromatic rings. The molecule has 1 N–H and O–H groups in total. The van der Waals surface area contributed by atoms with Crippen LogP contribution in [-0.4, -0.2) is 25.1 Å². The molecule has 0 spiro atoms. The summed E-state index contributed by atoms with van der Waals surface area (Å²) in [6.45, 7) is 7.60. The van der Waals surface area contributed by atoms with Crippen molar-refractivity contribution < 1.29 is 0 Å². The highest BCUT2D eigenvalue weighted by Crippen LogP contribution is 2.07. The number of likely N-dealkylation sites (N-methyl/N-ethyl adjacent to an activating group) is 1. The molecule has 0 amide bonds. The highest BCUT2D eigenvalue weighted by molar-refractivity contribution is 7.98. The first kappa shape index (κ1) is 10.8. The fourth-order valence-electron chi connectivity index (χ4n) is 0.893. The maximum atomic E-state index is 3.91. The monoisotopic (exact) mass is 171 g/mol. The normalized spacial score (nSPS) is 12.5. The van der Waals surface area contributed by atoms with Gasteiger partial charge in [-0.05, 0) is 31.1 Å². The van der Waals surface area contributed by atoms with Gasteiger partial charge in [0.2, 0.25) is 0 Å². The third-order valence-corrected chi connectivity index (χ3v) is 2.31. The molecule has 0 bridgehead atoms. The van der Waals surface area contributed by atoms with Gasteiger partial charge in [-0.25, -0.2) is 0 Å². The van der Waals surface area contributed by atoms with E-state index in [4.69, 9.17) is 0 Å². The van der Waals surface area contributed by atoms with Crippen LogP contribution >= 0.6 is 11.8 Å². The molecular formula is C9H17NS. The van der Waals surface area contributed by atoms with E-state index in [0.717, 1.165) is 12.0 Å². The van der Waals surface area contributed by atoms with Crippen molar-refractivity contribution in [3.63, 3.8) is 0 Å². The minimum Gasteiger partial charge on any atom is -0.313 e. The van der Waals surface area contributed by atoms with Gasteiger partial charge in [0.1, 0.15) is 0 Å². The minimum atomic E-state index is 0.403. The van der Waals surface area contributed by atoms with E-state index in [1.165, 1.54) is 5.75 Å². The van der Waals surface area contributed by atoms with Gasteiger partial charge in [0, 0.05) is 6.04 Å². The van der Waals surface area contributed by atoms with E-state index in [9.17, 15) is 0 Å².